The van der Waals surface area contributed by atoms with Gasteiger partial charge in [-0.1, -0.05) is 61.2 Å². The molecule has 2 rings (SSSR count). The van der Waals surface area contributed by atoms with Gasteiger partial charge in [0.25, 0.3) is 0 Å². The van der Waals surface area contributed by atoms with E-state index in [4.69, 9.17) is 0 Å². The summed E-state index contributed by atoms with van der Waals surface area (Å²) >= 11 is 0. The maximum Gasteiger partial charge on any atom is 0.101 e. The van der Waals surface area contributed by atoms with Crippen LogP contribution in [0.2, 0.25) is 19.6 Å². The highest BCUT2D eigenvalue weighted by atomic mass is 32.2. The molecule has 4 unspecified atom stereocenters. The number of benzene rings is 1. The van der Waals surface area contributed by atoms with Crippen LogP contribution in [-0.2, 0) is 11.0 Å². The van der Waals surface area contributed by atoms with Gasteiger partial charge in [-0.3, -0.25) is 0 Å². The molecule has 1 saturated heterocycles. The summed E-state index contributed by atoms with van der Waals surface area (Å²) in [5, 5.41) is 0. The van der Waals surface area contributed by atoms with E-state index in [-0.39, 0.29) is 16.8 Å². The van der Waals surface area contributed by atoms with Gasteiger partial charge in [0, 0.05) is 0 Å². The highest BCUT2D eigenvalue weighted by Gasteiger charge is 2.53. The largest absolute Gasteiger partial charge is 0.242 e. The Balaban J connectivity index is 2.27. The Bertz CT molecular complexity index is 581. The van der Waals surface area contributed by atoms with Crippen LogP contribution in [0.1, 0.15) is 37.9 Å². The van der Waals surface area contributed by atoms with Gasteiger partial charge in [-0.2, -0.15) is 0 Å². The summed E-state index contributed by atoms with van der Waals surface area (Å²) in [5.74, 6) is 0. The summed E-state index contributed by atoms with van der Waals surface area (Å²) in [5.41, 5.74) is 4.91. The first kappa shape index (κ1) is 17.6. The van der Waals surface area contributed by atoms with E-state index >= 15 is 0 Å². The maximum absolute atomic E-state index is 12.8. The fraction of sp³-hybridized carbons (Fsp3) is 0.556. The van der Waals surface area contributed by atoms with Gasteiger partial charge in [0.1, 0.15) is 11.0 Å². The van der Waals surface area contributed by atoms with Gasteiger partial charge in [-0.15, -0.1) is 0 Å². The normalized spacial score (nSPS) is 27.1. The minimum atomic E-state index is -1.24. The Kier molecular flexibility index (Phi) is 4.86. The summed E-state index contributed by atoms with van der Waals surface area (Å²) in [4.78, 5) is 0. The second-order valence-electron chi connectivity index (χ2n) is 8.29. The van der Waals surface area contributed by atoms with Crippen molar-refractivity contribution in [3.63, 3.8) is 0 Å². The maximum atomic E-state index is 12.8. The molecule has 1 heterocycles. The number of rotatable bonds is 4. The standard InChI is InChI=1S/C18H29NOSSi/c1-14-8-10-15(11-9-14)17-16(12-13-22(5,6)7)19(17)21(20)18(2,3)4/h8-13,16-17H,1-7H3/b13-12+. The molecule has 1 aliphatic heterocycles. The van der Waals surface area contributed by atoms with Crippen molar-refractivity contribution in [3.05, 3.63) is 47.2 Å². The number of hydrogen-bond acceptors (Lipinski definition) is 1. The van der Waals surface area contributed by atoms with Crippen LogP contribution in [0.5, 0.6) is 0 Å². The van der Waals surface area contributed by atoms with E-state index in [2.05, 4.69) is 66.9 Å². The van der Waals surface area contributed by atoms with Crippen LogP contribution in [0.3, 0.4) is 0 Å². The monoisotopic (exact) mass is 335 g/mol. The molecule has 0 bridgehead atoms. The molecule has 1 aromatic carbocycles. The third kappa shape index (κ3) is 4.18. The molecule has 0 amide bonds. The predicted molar refractivity (Wildman–Crippen MR) is 99.9 cm³/mol. The summed E-state index contributed by atoms with van der Waals surface area (Å²) in [6, 6.07) is 9.17. The minimum Gasteiger partial charge on any atom is -0.242 e. The zero-order valence-electron chi connectivity index (χ0n) is 14.9. The van der Waals surface area contributed by atoms with Crippen LogP contribution in [0.15, 0.2) is 36.0 Å². The molecule has 0 N–H and O–H groups in total. The lowest BCUT2D eigenvalue weighted by atomic mass is 10.1. The molecule has 22 heavy (non-hydrogen) atoms. The predicted octanol–water partition coefficient (Wildman–Crippen LogP) is 4.62. The molecule has 122 valence electrons. The fourth-order valence-electron chi connectivity index (χ4n) is 2.44. The van der Waals surface area contributed by atoms with Crippen LogP contribution in [0, 0.1) is 6.92 Å². The Morgan fingerprint density at radius 2 is 1.68 bits per heavy atom. The van der Waals surface area contributed by atoms with E-state index in [0.29, 0.717) is 0 Å². The summed E-state index contributed by atoms with van der Waals surface area (Å²) in [7, 11) is -2.21. The SMILES string of the molecule is Cc1ccc(C2C(/C=C/[Si](C)(C)C)N2S(=O)C(C)(C)C)cc1. The van der Waals surface area contributed by atoms with Crippen molar-refractivity contribution >= 4 is 19.1 Å². The van der Waals surface area contributed by atoms with Crippen LogP contribution in [0.25, 0.3) is 0 Å². The highest BCUT2D eigenvalue weighted by molar-refractivity contribution is 7.84. The molecule has 1 fully saturated rings. The molecular formula is C18H29NOSSi. The smallest absolute Gasteiger partial charge is 0.101 e. The summed E-state index contributed by atoms with van der Waals surface area (Å²) < 4.78 is 14.8. The first-order chi connectivity index (χ1) is 10.0. The molecule has 4 atom stereocenters. The molecule has 0 saturated carbocycles. The highest BCUT2D eigenvalue weighted by Crippen LogP contribution is 2.47. The third-order valence-electron chi connectivity index (χ3n) is 3.73. The Hall–Kier alpha value is -0.713. The van der Waals surface area contributed by atoms with E-state index in [1.165, 1.54) is 11.1 Å². The van der Waals surface area contributed by atoms with Crippen molar-refractivity contribution in [2.45, 2.75) is 64.2 Å². The average molecular weight is 336 g/mol. The first-order valence-corrected chi connectivity index (χ1v) is 12.7. The van der Waals surface area contributed by atoms with E-state index < -0.39 is 19.1 Å². The Morgan fingerprint density at radius 3 is 2.14 bits per heavy atom. The zero-order valence-corrected chi connectivity index (χ0v) is 16.7. The number of aryl methyl sites for hydroxylation is 1. The van der Waals surface area contributed by atoms with Gasteiger partial charge in [-0.25, -0.2) is 8.51 Å². The van der Waals surface area contributed by atoms with Gasteiger partial charge in [0.2, 0.25) is 0 Å². The molecule has 0 aromatic heterocycles. The second-order valence-corrected chi connectivity index (χ2v) is 15.5. The van der Waals surface area contributed by atoms with E-state index in [1.807, 2.05) is 20.8 Å². The Morgan fingerprint density at radius 1 is 1.14 bits per heavy atom. The van der Waals surface area contributed by atoms with Gasteiger partial charge in [-0.05, 0) is 33.3 Å². The lowest BCUT2D eigenvalue weighted by molar-refractivity contribution is 0.603. The van der Waals surface area contributed by atoms with Crippen LogP contribution in [-0.4, -0.2) is 27.4 Å². The number of nitrogens with zero attached hydrogens (tertiary/aromatic N) is 1. The number of hydrogen-bond donors (Lipinski definition) is 0. The Labute approximate surface area is 139 Å². The van der Waals surface area contributed by atoms with Gasteiger partial charge < -0.3 is 0 Å². The van der Waals surface area contributed by atoms with Crippen LogP contribution in [0.4, 0.5) is 0 Å². The zero-order chi connectivity index (χ0) is 16.7. The molecule has 4 heteroatoms. The molecule has 0 radical (unpaired) electrons. The summed E-state index contributed by atoms with van der Waals surface area (Å²) in [6.07, 6.45) is 2.29. The summed E-state index contributed by atoms with van der Waals surface area (Å²) in [6.45, 7) is 15.2. The van der Waals surface area contributed by atoms with Gasteiger partial charge in [0.15, 0.2) is 0 Å². The van der Waals surface area contributed by atoms with Gasteiger partial charge in [0.05, 0.1) is 24.9 Å². The lowest BCUT2D eigenvalue weighted by Crippen LogP contribution is -2.28. The second kappa shape index (κ2) is 6.06. The average Bonchev–Trinajstić information content (AvgIpc) is 3.08. The van der Waals surface area contributed by atoms with Crippen molar-refractivity contribution in [1.29, 1.82) is 0 Å². The lowest BCUT2D eigenvalue weighted by Gasteiger charge is -2.19. The fourth-order valence-corrected chi connectivity index (χ4v) is 4.66. The van der Waals surface area contributed by atoms with Gasteiger partial charge >= 0.3 is 0 Å². The quantitative estimate of drug-likeness (QED) is 0.581. The van der Waals surface area contributed by atoms with Crippen molar-refractivity contribution in [2.75, 3.05) is 0 Å². The van der Waals surface area contributed by atoms with Crippen molar-refractivity contribution in [3.8, 4) is 0 Å². The third-order valence-corrected chi connectivity index (χ3v) is 6.82. The molecule has 2 nitrogen and oxygen atoms in total. The molecule has 1 aromatic rings. The molecule has 0 aliphatic carbocycles. The topological polar surface area (TPSA) is 20.1 Å². The van der Waals surface area contributed by atoms with E-state index in [1.54, 1.807) is 0 Å². The molecule has 0 spiro atoms. The molecule has 1 aliphatic rings. The van der Waals surface area contributed by atoms with Crippen molar-refractivity contribution in [2.24, 2.45) is 0 Å². The van der Waals surface area contributed by atoms with Crippen molar-refractivity contribution in [1.82, 2.24) is 4.31 Å². The first-order valence-electron chi connectivity index (χ1n) is 7.97. The van der Waals surface area contributed by atoms with Crippen LogP contribution < -0.4 is 0 Å². The van der Waals surface area contributed by atoms with E-state index in [0.717, 1.165) is 0 Å². The molecular weight excluding hydrogens is 306 g/mol. The van der Waals surface area contributed by atoms with E-state index in [9.17, 15) is 4.21 Å². The van der Waals surface area contributed by atoms with Crippen molar-refractivity contribution < 1.29 is 4.21 Å². The minimum absolute atomic E-state index is 0.218. The van der Waals surface area contributed by atoms with Crippen LogP contribution >= 0.6 is 0 Å².